The number of rotatable bonds is 8. The van der Waals surface area contributed by atoms with Crippen molar-refractivity contribution in [1.29, 1.82) is 0 Å². The van der Waals surface area contributed by atoms with E-state index in [-0.39, 0.29) is 18.9 Å². The molecule has 9 heteroatoms. The molecule has 3 N–H and O–H groups in total. The summed E-state index contributed by atoms with van der Waals surface area (Å²) in [6.45, 7) is 1.68. The molecule has 164 valence electrons. The van der Waals surface area contributed by atoms with Gasteiger partial charge in [0, 0.05) is 25.2 Å². The van der Waals surface area contributed by atoms with Crippen molar-refractivity contribution in [1.82, 2.24) is 20.3 Å². The molecule has 4 rings (SSSR count). The van der Waals surface area contributed by atoms with Crippen LogP contribution >= 0.6 is 0 Å². The van der Waals surface area contributed by atoms with Gasteiger partial charge in [0.2, 0.25) is 5.91 Å². The van der Waals surface area contributed by atoms with Gasteiger partial charge < -0.3 is 14.8 Å². The van der Waals surface area contributed by atoms with Crippen molar-refractivity contribution in [3.05, 3.63) is 78.4 Å². The molecule has 0 spiro atoms. The molecule has 2 aromatic carbocycles. The summed E-state index contributed by atoms with van der Waals surface area (Å²) in [5.41, 5.74) is 2.08. The van der Waals surface area contributed by atoms with Crippen LogP contribution in [-0.4, -0.2) is 56.3 Å². The van der Waals surface area contributed by atoms with Gasteiger partial charge in [-0.15, -0.1) is 0 Å². The van der Waals surface area contributed by atoms with Crippen LogP contribution in [0.3, 0.4) is 0 Å². The number of ether oxygens (including phenoxy) is 1. The van der Waals surface area contributed by atoms with E-state index in [4.69, 9.17) is 4.74 Å². The molecule has 0 aliphatic carbocycles. The smallest absolute Gasteiger partial charge is 0.321 e. The van der Waals surface area contributed by atoms with Gasteiger partial charge in [-0.3, -0.25) is 14.9 Å². The Hall–Kier alpha value is -3.98. The van der Waals surface area contributed by atoms with E-state index in [1.54, 1.807) is 6.20 Å². The lowest BCUT2D eigenvalue weighted by Crippen LogP contribution is -2.49. The highest BCUT2D eigenvalue weighted by molar-refractivity contribution is 6.06. The molecule has 1 aliphatic heterocycles. The van der Waals surface area contributed by atoms with E-state index in [1.807, 2.05) is 54.6 Å². The van der Waals surface area contributed by atoms with Crippen molar-refractivity contribution in [3.8, 4) is 11.5 Å². The van der Waals surface area contributed by atoms with Crippen LogP contribution in [0.25, 0.3) is 0 Å². The van der Waals surface area contributed by atoms with Gasteiger partial charge in [0.25, 0.3) is 0 Å². The highest BCUT2D eigenvalue weighted by Gasteiger charge is 2.33. The van der Waals surface area contributed by atoms with Gasteiger partial charge >= 0.3 is 5.97 Å². The molecule has 0 fully saturated rings. The Bertz CT molecular complexity index is 1100. The molecule has 0 bridgehead atoms. The Morgan fingerprint density at radius 3 is 2.53 bits per heavy atom. The summed E-state index contributed by atoms with van der Waals surface area (Å²) in [4.78, 5) is 30.7. The van der Waals surface area contributed by atoms with Crippen LogP contribution in [-0.2, 0) is 16.0 Å². The molecule has 32 heavy (non-hydrogen) atoms. The molecule has 1 aromatic heterocycles. The average molecular weight is 433 g/mol. The molecule has 3 aromatic rings. The van der Waals surface area contributed by atoms with E-state index < -0.39 is 18.1 Å². The maximum absolute atomic E-state index is 11.9. The first kappa shape index (κ1) is 21.3. The molecule has 2 atom stereocenters. The Kier molecular flexibility index (Phi) is 6.27. The largest absolute Gasteiger partial charge is 0.480 e. The number of benzene rings is 2. The summed E-state index contributed by atoms with van der Waals surface area (Å²) in [5, 5.41) is 18.6. The van der Waals surface area contributed by atoms with E-state index >= 15 is 0 Å². The third kappa shape index (κ3) is 5.01. The number of aromatic nitrogens is 2. The highest BCUT2D eigenvalue weighted by Crippen LogP contribution is 2.23. The predicted octanol–water partition coefficient (Wildman–Crippen LogP) is 2.42. The Balaban J connectivity index is 1.53. The molecule has 9 nitrogen and oxygen atoms in total. The number of aromatic amines is 1. The van der Waals surface area contributed by atoms with E-state index in [2.05, 4.69) is 20.4 Å². The zero-order valence-electron chi connectivity index (χ0n) is 17.4. The van der Waals surface area contributed by atoms with Crippen molar-refractivity contribution in [2.24, 2.45) is 5.10 Å². The predicted molar refractivity (Wildman–Crippen MR) is 118 cm³/mol. The fraction of sp³-hybridized carbons (Fsp3) is 0.217. The molecular formula is C23H23N5O4. The summed E-state index contributed by atoms with van der Waals surface area (Å²) in [6.07, 6.45) is 3.32. The Morgan fingerprint density at radius 1 is 1.19 bits per heavy atom. The van der Waals surface area contributed by atoms with Crippen LogP contribution in [0, 0.1) is 0 Å². The third-order valence-corrected chi connectivity index (χ3v) is 5.09. The minimum atomic E-state index is -0.994. The molecule has 2 heterocycles. The molecule has 0 radical (unpaired) electrons. The van der Waals surface area contributed by atoms with Gasteiger partial charge in [-0.2, -0.15) is 5.10 Å². The van der Waals surface area contributed by atoms with Gasteiger partial charge in [-0.25, -0.2) is 9.99 Å². The average Bonchev–Trinajstić information content (AvgIpc) is 3.45. The van der Waals surface area contributed by atoms with Gasteiger partial charge in [-0.1, -0.05) is 18.2 Å². The topological polar surface area (TPSA) is 120 Å². The molecule has 0 saturated heterocycles. The quantitative estimate of drug-likeness (QED) is 0.502. The van der Waals surface area contributed by atoms with Crippen LogP contribution < -0.4 is 10.1 Å². The maximum Gasteiger partial charge on any atom is 0.321 e. The molecule has 1 aliphatic rings. The number of hydrogen-bond donors (Lipinski definition) is 3. The second-order valence-electron chi connectivity index (χ2n) is 7.42. The summed E-state index contributed by atoms with van der Waals surface area (Å²) in [6, 6.07) is 15.4. The SMILES string of the molecule is CC(=O)N1CC(NC(Cc2cnc[nH]2)C(=O)O)C(c2ccc(Oc3ccccc3)cc2)=N1. The standard InChI is InChI=1S/C23H23N5O4/c1-15(29)28-13-21(26-20(23(30)31)11-17-12-24-14-25-17)22(27-28)16-7-9-19(10-8-16)32-18-5-3-2-4-6-18/h2-10,12,14,20-21,26H,11,13H2,1H3,(H,24,25)(H,30,31). The number of hydrazone groups is 1. The fourth-order valence-corrected chi connectivity index (χ4v) is 3.48. The van der Waals surface area contributed by atoms with Crippen LogP contribution in [0.5, 0.6) is 11.5 Å². The van der Waals surface area contributed by atoms with Crippen LogP contribution in [0.2, 0.25) is 0 Å². The van der Waals surface area contributed by atoms with Crippen molar-refractivity contribution in [2.75, 3.05) is 6.54 Å². The molecular weight excluding hydrogens is 410 g/mol. The molecule has 0 saturated carbocycles. The van der Waals surface area contributed by atoms with Crippen molar-refractivity contribution in [2.45, 2.75) is 25.4 Å². The number of nitrogens with zero attached hydrogens (tertiary/aromatic N) is 3. The zero-order valence-corrected chi connectivity index (χ0v) is 17.4. The van der Waals surface area contributed by atoms with E-state index in [0.717, 1.165) is 11.3 Å². The van der Waals surface area contributed by atoms with Crippen LogP contribution in [0.15, 0.2) is 72.2 Å². The fourth-order valence-electron chi connectivity index (χ4n) is 3.48. The molecule has 2 unspecified atom stereocenters. The number of imidazole rings is 1. The number of carboxylic acid groups (broad SMARTS) is 1. The normalized spacial score (nSPS) is 16.5. The second-order valence-corrected chi connectivity index (χ2v) is 7.42. The maximum atomic E-state index is 11.9. The first-order valence-corrected chi connectivity index (χ1v) is 10.2. The van der Waals surface area contributed by atoms with Crippen molar-refractivity contribution >= 4 is 17.6 Å². The second kappa shape index (κ2) is 9.44. The van der Waals surface area contributed by atoms with Gasteiger partial charge in [0.15, 0.2) is 0 Å². The number of carbonyl (C=O) groups excluding carboxylic acids is 1. The minimum Gasteiger partial charge on any atom is -0.480 e. The minimum absolute atomic E-state index is 0.212. The Morgan fingerprint density at radius 2 is 1.91 bits per heavy atom. The highest BCUT2D eigenvalue weighted by atomic mass is 16.5. The third-order valence-electron chi connectivity index (χ3n) is 5.09. The number of carbonyl (C=O) groups is 2. The van der Waals surface area contributed by atoms with E-state index in [9.17, 15) is 14.7 Å². The first-order valence-electron chi connectivity index (χ1n) is 10.2. The number of para-hydroxylation sites is 1. The van der Waals surface area contributed by atoms with E-state index in [1.165, 1.54) is 18.3 Å². The number of nitrogens with one attached hydrogen (secondary N) is 2. The number of amides is 1. The number of carboxylic acids is 1. The Labute approximate surface area is 184 Å². The lowest BCUT2D eigenvalue weighted by atomic mass is 10.0. The first-order chi connectivity index (χ1) is 15.5. The van der Waals surface area contributed by atoms with E-state index in [0.29, 0.717) is 17.2 Å². The number of aliphatic carboxylic acids is 1. The zero-order chi connectivity index (χ0) is 22.5. The lowest BCUT2D eigenvalue weighted by Gasteiger charge is -2.21. The number of H-pyrrole nitrogens is 1. The van der Waals surface area contributed by atoms with Gasteiger partial charge in [-0.05, 0) is 42.0 Å². The molecule has 1 amide bonds. The lowest BCUT2D eigenvalue weighted by molar-refractivity contribution is -0.139. The summed E-state index contributed by atoms with van der Waals surface area (Å²) in [5.74, 6) is 0.182. The summed E-state index contributed by atoms with van der Waals surface area (Å²) in [7, 11) is 0. The van der Waals surface area contributed by atoms with Crippen molar-refractivity contribution in [3.63, 3.8) is 0 Å². The van der Waals surface area contributed by atoms with Crippen molar-refractivity contribution < 1.29 is 19.4 Å². The monoisotopic (exact) mass is 433 g/mol. The summed E-state index contributed by atoms with van der Waals surface area (Å²) < 4.78 is 5.83. The van der Waals surface area contributed by atoms with Crippen LogP contribution in [0.4, 0.5) is 0 Å². The number of hydrogen-bond acceptors (Lipinski definition) is 6. The van der Waals surface area contributed by atoms with Gasteiger partial charge in [0.05, 0.1) is 24.6 Å². The summed E-state index contributed by atoms with van der Waals surface area (Å²) >= 11 is 0. The van der Waals surface area contributed by atoms with Gasteiger partial charge in [0.1, 0.15) is 17.5 Å². The van der Waals surface area contributed by atoms with Crippen LogP contribution in [0.1, 0.15) is 18.2 Å².